The molecule has 11 nitrogen and oxygen atoms in total. The lowest BCUT2D eigenvalue weighted by Gasteiger charge is -2.32. The van der Waals surface area contributed by atoms with Gasteiger partial charge in [-0.05, 0) is 71.5 Å². The van der Waals surface area contributed by atoms with Crippen LogP contribution in [0, 0.1) is 29.6 Å². The molecule has 2 amide bonds. The topological polar surface area (TPSA) is 151 Å². The van der Waals surface area contributed by atoms with Crippen LogP contribution in [0.25, 0.3) is 0 Å². The second-order valence-corrected chi connectivity index (χ2v) is 10.6. The van der Waals surface area contributed by atoms with Gasteiger partial charge in [-0.15, -0.1) is 6.42 Å². The van der Waals surface area contributed by atoms with Gasteiger partial charge < -0.3 is 30.1 Å². The minimum Gasteiger partial charge on any atom is -0.475 e. The lowest BCUT2D eigenvalue weighted by molar-refractivity contribution is -0.192. The van der Waals surface area contributed by atoms with Gasteiger partial charge >= 0.3 is 24.1 Å². The standard InChI is InChI=1S/C25H37N3O6.C2HF3O2/c1-5-20(15-22(30)33-17-34-24(32)25(2,3)4)27-23(31)19-7-6-14-28(16-19)21(29)9-8-18-10-12-26-13-11-18;3-2(4,5)1(6)7/h1,8-9,18-20,26H,6-7,10-17H2,2-4H3,(H,27,31);(H,6,7)/b9-8+;/t19-,20?;/m1./s1. The van der Waals surface area contributed by atoms with E-state index in [1.54, 1.807) is 31.7 Å². The summed E-state index contributed by atoms with van der Waals surface area (Å²) in [5, 5.41) is 13.1. The Morgan fingerprint density at radius 2 is 1.73 bits per heavy atom. The van der Waals surface area contributed by atoms with Crippen LogP contribution < -0.4 is 10.6 Å². The SMILES string of the molecule is C#CC(CC(=O)OCOC(=O)C(C)(C)C)NC(=O)[C@@H]1CCCN(C(=O)/C=C/C2CCNCC2)C1.O=C(O)C(F)(F)F. The number of likely N-dealkylation sites (tertiary alicyclic amines) is 1. The van der Waals surface area contributed by atoms with Crippen molar-refractivity contribution in [2.24, 2.45) is 17.3 Å². The number of alkyl halides is 3. The highest BCUT2D eigenvalue weighted by Gasteiger charge is 2.38. The molecule has 2 fully saturated rings. The molecule has 0 radical (unpaired) electrons. The third kappa shape index (κ3) is 14.0. The number of allylic oxidation sites excluding steroid dienone is 1. The van der Waals surface area contributed by atoms with Crippen molar-refractivity contribution in [2.75, 3.05) is 33.0 Å². The minimum atomic E-state index is -5.08. The number of rotatable bonds is 8. The average Bonchev–Trinajstić information content (AvgIpc) is 2.91. The number of hydrogen-bond donors (Lipinski definition) is 3. The highest BCUT2D eigenvalue weighted by atomic mass is 19.4. The number of amides is 2. The molecule has 2 atom stereocenters. The molecular formula is C27H38F3N3O8. The molecule has 0 aromatic rings. The molecule has 0 aromatic heterocycles. The monoisotopic (exact) mass is 589 g/mol. The molecular weight excluding hydrogens is 551 g/mol. The number of nitrogens with one attached hydrogen (secondary N) is 2. The third-order valence-corrected chi connectivity index (χ3v) is 6.15. The molecule has 2 heterocycles. The summed E-state index contributed by atoms with van der Waals surface area (Å²) in [6, 6.07) is -0.857. The van der Waals surface area contributed by atoms with Gasteiger partial charge in [0.25, 0.3) is 0 Å². The average molecular weight is 590 g/mol. The Labute approximate surface area is 237 Å². The molecule has 2 saturated heterocycles. The van der Waals surface area contributed by atoms with E-state index < -0.39 is 48.3 Å². The van der Waals surface area contributed by atoms with E-state index in [-0.39, 0.29) is 18.2 Å². The molecule has 14 heteroatoms. The Bertz CT molecular complexity index is 995. The van der Waals surface area contributed by atoms with Crippen LogP contribution in [0.2, 0.25) is 0 Å². The molecule has 0 aromatic carbocycles. The number of carbonyl (C=O) groups is 5. The summed E-state index contributed by atoms with van der Waals surface area (Å²) >= 11 is 0. The number of piperidine rings is 2. The fourth-order valence-electron chi connectivity index (χ4n) is 3.78. The van der Waals surface area contributed by atoms with E-state index in [0.29, 0.717) is 31.8 Å². The maximum absolute atomic E-state index is 12.7. The number of esters is 2. The fraction of sp³-hybridized carbons (Fsp3) is 0.667. The van der Waals surface area contributed by atoms with Gasteiger partial charge in [0.1, 0.15) is 6.04 Å². The summed E-state index contributed by atoms with van der Waals surface area (Å²) in [5.74, 6) is -1.94. The van der Waals surface area contributed by atoms with Gasteiger partial charge in [-0.3, -0.25) is 19.2 Å². The molecule has 3 N–H and O–H groups in total. The second-order valence-electron chi connectivity index (χ2n) is 10.6. The Balaban J connectivity index is 0.00000106. The quantitative estimate of drug-likeness (QED) is 0.167. The van der Waals surface area contributed by atoms with Crippen molar-refractivity contribution in [2.45, 2.75) is 65.1 Å². The highest BCUT2D eigenvalue weighted by Crippen LogP contribution is 2.19. The van der Waals surface area contributed by atoms with E-state index in [1.165, 1.54) is 0 Å². The van der Waals surface area contributed by atoms with Gasteiger partial charge in [0.05, 0.1) is 17.8 Å². The van der Waals surface area contributed by atoms with Gasteiger partial charge in [0.15, 0.2) is 0 Å². The number of nitrogens with zero attached hydrogens (tertiary/aromatic N) is 1. The van der Waals surface area contributed by atoms with Crippen LogP contribution in [0.4, 0.5) is 13.2 Å². The van der Waals surface area contributed by atoms with Crippen molar-refractivity contribution >= 4 is 29.7 Å². The van der Waals surface area contributed by atoms with Crippen LogP contribution in [-0.2, 0) is 33.4 Å². The van der Waals surface area contributed by atoms with Crippen LogP contribution in [0.3, 0.4) is 0 Å². The molecule has 2 aliphatic rings. The number of carbonyl (C=O) groups excluding carboxylic acids is 4. The molecule has 2 rings (SSSR count). The summed E-state index contributed by atoms with van der Waals surface area (Å²) in [5.41, 5.74) is -0.708. The van der Waals surface area contributed by atoms with Gasteiger partial charge in [-0.2, -0.15) is 13.2 Å². The van der Waals surface area contributed by atoms with Crippen LogP contribution in [0.5, 0.6) is 0 Å². The van der Waals surface area contributed by atoms with Gasteiger partial charge in [0.2, 0.25) is 18.6 Å². The lowest BCUT2D eigenvalue weighted by Crippen LogP contribution is -2.47. The summed E-state index contributed by atoms with van der Waals surface area (Å²) in [6.07, 6.45) is 7.15. The fourth-order valence-corrected chi connectivity index (χ4v) is 3.78. The van der Waals surface area contributed by atoms with Gasteiger partial charge in [0, 0.05) is 13.1 Å². The van der Waals surface area contributed by atoms with E-state index in [9.17, 15) is 32.3 Å². The van der Waals surface area contributed by atoms with Crippen LogP contribution in [0.1, 0.15) is 52.9 Å². The van der Waals surface area contributed by atoms with Crippen molar-refractivity contribution in [3.05, 3.63) is 12.2 Å². The lowest BCUT2D eigenvalue weighted by atomic mass is 9.95. The van der Waals surface area contributed by atoms with Crippen LogP contribution in [-0.4, -0.2) is 84.9 Å². The number of carboxylic acid groups (broad SMARTS) is 1. The molecule has 230 valence electrons. The van der Waals surface area contributed by atoms with Crippen molar-refractivity contribution < 1.29 is 51.7 Å². The summed E-state index contributed by atoms with van der Waals surface area (Å²) in [4.78, 5) is 59.7. The van der Waals surface area contributed by atoms with Crippen LogP contribution in [0.15, 0.2) is 12.2 Å². The zero-order chi connectivity index (χ0) is 31.2. The Morgan fingerprint density at radius 1 is 1.12 bits per heavy atom. The number of terminal acetylenes is 1. The summed E-state index contributed by atoms with van der Waals surface area (Å²) in [7, 11) is 0. The van der Waals surface area contributed by atoms with E-state index in [4.69, 9.17) is 25.8 Å². The molecule has 41 heavy (non-hydrogen) atoms. The molecule has 0 bridgehead atoms. The van der Waals surface area contributed by atoms with Crippen molar-refractivity contribution in [3.63, 3.8) is 0 Å². The molecule has 2 aliphatic heterocycles. The molecule has 0 saturated carbocycles. The molecule has 1 unspecified atom stereocenters. The zero-order valence-electron chi connectivity index (χ0n) is 23.4. The zero-order valence-corrected chi connectivity index (χ0v) is 23.4. The first-order valence-corrected chi connectivity index (χ1v) is 13.1. The number of halogens is 3. The summed E-state index contributed by atoms with van der Waals surface area (Å²) in [6.45, 7) is 7.39. The van der Waals surface area contributed by atoms with Crippen LogP contribution >= 0.6 is 0 Å². The Kier molecular flexibility index (Phi) is 14.4. The molecule has 0 aliphatic carbocycles. The second kappa shape index (κ2) is 16.6. The van der Waals surface area contributed by atoms with E-state index in [1.807, 2.05) is 6.08 Å². The number of hydrogen-bond acceptors (Lipinski definition) is 8. The Hall–Kier alpha value is -3.60. The smallest absolute Gasteiger partial charge is 0.475 e. The number of carboxylic acids is 1. The Morgan fingerprint density at radius 3 is 2.27 bits per heavy atom. The maximum Gasteiger partial charge on any atom is 0.490 e. The summed E-state index contributed by atoms with van der Waals surface area (Å²) < 4.78 is 41.5. The van der Waals surface area contributed by atoms with E-state index >= 15 is 0 Å². The van der Waals surface area contributed by atoms with Gasteiger partial charge in [-0.25, -0.2) is 4.79 Å². The molecule has 0 spiro atoms. The van der Waals surface area contributed by atoms with Crippen molar-refractivity contribution in [1.29, 1.82) is 0 Å². The van der Waals surface area contributed by atoms with E-state index in [0.717, 1.165) is 25.9 Å². The van der Waals surface area contributed by atoms with Gasteiger partial charge in [-0.1, -0.05) is 12.0 Å². The van der Waals surface area contributed by atoms with E-state index in [2.05, 4.69) is 16.6 Å². The highest BCUT2D eigenvalue weighted by molar-refractivity contribution is 5.88. The first kappa shape index (κ1) is 35.4. The largest absolute Gasteiger partial charge is 0.490 e. The number of aliphatic carboxylic acids is 1. The van der Waals surface area contributed by atoms with Crippen molar-refractivity contribution in [1.82, 2.24) is 15.5 Å². The number of ether oxygens (including phenoxy) is 2. The first-order valence-electron chi connectivity index (χ1n) is 13.1. The van der Waals surface area contributed by atoms with Crippen molar-refractivity contribution in [3.8, 4) is 12.3 Å². The first-order chi connectivity index (χ1) is 19.0. The predicted octanol–water partition coefficient (Wildman–Crippen LogP) is 2.01. The third-order valence-electron chi connectivity index (χ3n) is 6.15. The maximum atomic E-state index is 12.7. The normalized spacial score (nSPS) is 18.8. The predicted molar refractivity (Wildman–Crippen MR) is 140 cm³/mol. The minimum absolute atomic E-state index is 0.0853.